The molecule has 0 amide bonds. The fourth-order valence-electron chi connectivity index (χ4n) is 1.20. The van der Waals surface area contributed by atoms with E-state index in [9.17, 15) is 10.1 Å². The highest BCUT2D eigenvalue weighted by atomic mass is 32.2. The molecule has 2 aromatic carbocycles. The van der Waals surface area contributed by atoms with Crippen molar-refractivity contribution in [3.63, 3.8) is 0 Å². The first-order valence-electron chi connectivity index (χ1n) is 4.90. The van der Waals surface area contributed by atoms with Crippen molar-refractivity contribution in [1.29, 1.82) is 0 Å². The van der Waals surface area contributed by atoms with Crippen molar-refractivity contribution in [1.82, 2.24) is 0 Å². The Morgan fingerprint density at radius 1 is 1.00 bits per heavy atom. The van der Waals surface area contributed by atoms with Crippen LogP contribution in [-0.2, 0) is 0 Å². The van der Waals surface area contributed by atoms with Gasteiger partial charge in [-0.15, -0.1) is 0 Å². The first kappa shape index (κ1) is 11.5. The highest BCUT2D eigenvalue weighted by Gasteiger charge is 2.04. The molecule has 2 aromatic rings. The summed E-state index contributed by atoms with van der Waals surface area (Å²) in [6.45, 7) is 0. The van der Waals surface area contributed by atoms with E-state index < -0.39 is 4.92 Å². The van der Waals surface area contributed by atoms with Crippen molar-refractivity contribution in [2.24, 2.45) is 0 Å². The molecule has 0 aliphatic rings. The third-order valence-corrected chi connectivity index (χ3v) is 2.77. The highest BCUT2D eigenvalue weighted by Crippen LogP contribution is 2.24. The Kier molecular flexibility index (Phi) is 3.62. The number of benzene rings is 2. The van der Waals surface area contributed by atoms with E-state index in [4.69, 9.17) is 4.18 Å². The van der Waals surface area contributed by atoms with Gasteiger partial charge in [-0.25, -0.2) is 0 Å². The molecular formula is C12H9NO3S. The van der Waals surface area contributed by atoms with Gasteiger partial charge in [0.15, 0.2) is 0 Å². The molecule has 0 bridgehead atoms. The van der Waals surface area contributed by atoms with E-state index in [1.54, 1.807) is 12.1 Å². The summed E-state index contributed by atoms with van der Waals surface area (Å²) >= 11 is 1.22. The summed E-state index contributed by atoms with van der Waals surface area (Å²) in [7, 11) is 0. The van der Waals surface area contributed by atoms with Crippen molar-refractivity contribution < 1.29 is 9.11 Å². The second kappa shape index (κ2) is 5.36. The van der Waals surface area contributed by atoms with Gasteiger partial charge in [0.25, 0.3) is 5.69 Å². The number of hydrogen-bond donors (Lipinski definition) is 0. The smallest absolute Gasteiger partial charge is 0.269 e. The molecule has 0 atom stereocenters. The molecule has 0 spiro atoms. The summed E-state index contributed by atoms with van der Waals surface area (Å²) in [6, 6.07) is 15.6. The van der Waals surface area contributed by atoms with Gasteiger partial charge in [-0.1, -0.05) is 18.2 Å². The maximum Gasteiger partial charge on any atom is 0.269 e. The Hall–Kier alpha value is -2.01. The molecule has 0 aromatic heterocycles. The van der Waals surface area contributed by atoms with E-state index in [0.29, 0.717) is 5.75 Å². The minimum absolute atomic E-state index is 0.0575. The van der Waals surface area contributed by atoms with Gasteiger partial charge in [-0.05, 0) is 24.3 Å². The van der Waals surface area contributed by atoms with Gasteiger partial charge in [0.2, 0.25) is 0 Å². The molecular weight excluding hydrogens is 238 g/mol. The van der Waals surface area contributed by atoms with Gasteiger partial charge < -0.3 is 4.18 Å². The molecule has 5 heteroatoms. The van der Waals surface area contributed by atoms with Crippen LogP contribution >= 0.6 is 12.0 Å². The Bertz CT molecular complexity index is 499. The van der Waals surface area contributed by atoms with E-state index in [1.807, 2.05) is 30.3 Å². The molecule has 2 rings (SSSR count). The van der Waals surface area contributed by atoms with Crippen LogP contribution in [0.15, 0.2) is 59.5 Å². The molecule has 86 valence electrons. The summed E-state index contributed by atoms with van der Waals surface area (Å²) in [4.78, 5) is 11.0. The van der Waals surface area contributed by atoms with Crippen LogP contribution in [0.25, 0.3) is 0 Å². The third-order valence-electron chi connectivity index (χ3n) is 2.02. The maximum absolute atomic E-state index is 10.5. The van der Waals surface area contributed by atoms with Crippen molar-refractivity contribution in [2.45, 2.75) is 4.90 Å². The first-order chi connectivity index (χ1) is 8.25. The third kappa shape index (κ3) is 3.22. The predicted octanol–water partition coefficient (Wildman–Crippen LogP) is 3.68. The predicted molar refractivity (Wildman–Crippen MR) is 66.0 cm³/mol. The van der Waals surface area contributed by atoms with Gasteiger partial charge in [0, 0.05) is 17.0 Å². The average Bonchev–Trinajstić information content (AvgIpc) is 2.38. The van der Waals surface area contributed by atoms with Crippen LogP contribution in [0.1, 0.15) is 0 Å². The topological polar surface area (TPSA) is 52.4 Å². The van der Waals surface area contributed by atoms with Gasteiger partial charge in [0.1, 0.15) is 5.75 Å². The van der Waals surface area contributed by atoms with E-state index in [1.165, 1.54) is 24.2 Å². The normalized spacial score (nSPS) is 9.88. The minimum Gasteiger partial charge on any atom is -0.421 e. The zero-order valence-electron chi connectivity index (χ0n) is 8.78. The van der Waals surface area contributed by atoms with Crippen molar-refractivity contribution in [2.75, 3.05) is 0 Å². The quantitative estimate of drug-likeness (QED) is 0.470. The van der Waals surface area contributed by atoms with E-state index in [-0.39, 0.29) is 5.69 Å². The Balaban J connectivity index is 1.98. The molecule has 0 aliphatic heterocycles. The SMILES string of the molecule is O=[N+]([O-])c1ccc(OSc2ccccc2)cc1. The van der Waals surface area contributed by atoms with Crippen LogP contribution in [-0.4, -0.2) is 4.92 Å². The fraction of sp³-hybridized carbons (Fsp3) is 0. The summed E-state index contributed by atoms with van der Waals surface area (Å²) in [5.41, 5.74) is 0.0575. The van der Waals surface area contributed by atoms with Crippen LogP contribution in [0.4, 0.5) is 5.69 Å². The second-order valence-electron chi connectivity index (χ2n) is 3.23. The zero-order chi connectivity index (χ0) is 12.1. The lowest BCUT2D eigenvalue weighted by atomic mass is 10.3. The minimum atomic E-state index is -0.436. The molecule has 0 saturated carbocycles. The van der Waals surface area contributed by atoms with Crippen LogP contribution in [0.3, 0.4) is 0 Å². The highest BCUT2D eigenvalue weighted by molar-refractivity contribution is 7.95. The van der Waals surface area contributed by atoms with Crippen molar-refractivity contribution in [3.05, 3.63) is 64.7 Å². The zero-order valence-corrected chi connectivity index (χ0v) is 9.59. The molecule has 0 fully saturated rings. The largest absolute Gasteiger partial charge is 0.421 e. The Morgan fingerprint density at radius 2 is 1.65 bits per heavy atom. The summed E-state index contributed by atoms with van der Waals surface area (Å²) in [5, 5.41) is 10.5. The van der Waals surface area contributed by atoms with Gasteiger partial charge >= 0.3 is 0 Å². The number of nitro benzene ring substituents is 1. The maximum atomic E-state index is 10.5. The van der Waals surface area contributed by atoms with Crippen LogP contribution in [0.5, 0.6) is 5.75 Å². The van der Waals surface area contributed by atoms with Gasteiger partial charge in [0.05, 0.1) is 17.0 Å². The van der Waals surface area contributed by atoms with Crippen LogP contribution in [0, 0.1) is 10.1 Å². The number of rotatable bonds is 4. The lowest BCUT2D eigenvalue weighted by molar-refractivity contribution is -0.384. The molecule has 0 heterocycles. The summed E-state index contributed by atoms with van der Waals surface area (Å²) in [6.07, 6.45) is 0. The number of nitrogens with zero attached hydrogens (tertiary/aromatic N) is 1. The molecule has 0 aliphatic carbocycles. The van der Waals surface area contributed by atoms with E-state index in [0.717, 1.165) is 4.90 Å². The van der Waals surface area contributed by atoms with E-state index in [2.05, 4.69) is 0 Å². The monoisotopic (exact) mass is 247 g/mol. The Morgan fingerprint density at radius 3 is 2.24 bits per heavy atom. The fourth-order valence-corrected chi connectivity index (χ4v) is 1.77. The second-order valence-corrected chi connectivity index (χ2v) is 4.04. The lowest BCUT2D eigenvalue weighted by Gasteiger charge is -2.02. The number of nitro groups is 1. The standard InChI is InChI=1S/C12H9NO3S/c14-13(15)10-6-8-11(9-7-10)16-17-12-4-2-1-3-5-12/h1-9H. The van der Waals surface area contributed by atoms with Gasteiger partial charge in [-0.2, -0.15) is 0 Å². The summed E-state index contributed by atoms with van der Waals surface area (Å²) < 4.78 is 5.42. The molecule has 4 nitrogen and oxygen atoms in total. The lowest BCUT2D eigenvalue weighted by Crippen LogP contribution is -1.87. The number of hydrogen-bond acceptors (Lipinski definition) is 4. The van der Waals surface area contributed by atoms with Gasteiger partial charge in [-0.3, -0.25) is 10.1 Å². The van der Waals surface area contributed by atoms with Crippen molar-refractivity contribution >= 4 is 17.7 Å². The average molecular weight is 247 g/mol. The Labute approximate surface area is 103 Å². The molecule has 0 N–H and O–H groups in total. The number of non-ortho nitro benzene ring substituents is 1. The van der Waals surface area contributed by atoms with Crippen LogP contribution < -0.4 is 4.18 Å². The molecule has 17 heavy (non-hydrogen) atoms. The summed E-state index contributed by atoms with van der Waals surface area (Å²) in [5.74, 6) is 0.587. The van der Waals surface area contributed by atoms with E-state index >= 15 is 0 Å². The first-order valence-corrected chi connectivity index (χ1v) is 5.64. The molecule has 0 radical (unpaired) electrons. The van der Waals surface area contributed by atoms with Crippen molar-refractivity contribution in [3.8, 4) is 5.75 Å². The molecule has 0 saturated heterocycles. The van der Waals surface area contributed by atoms with Crippen LogP contribution in [0.2, 0.25) is 0 Å². The molecule has 0 unspecified atom stereocenters.